The molecule has 1 N–H and O–H groups in total. The van der Waals surface area contributed by atoms with E-state index in [-0.39, 0.29) is 11.8 Å². The molecule has 0 saturated carbocycles. The lowest BCUT2D eigenvalue weighted by atomic mass is 9.98. The summed E-state index contributed by atoms with van der Waals surface area (Å²) >= 11 is 0. The maximum absolute atomic E-state index is 10.8. The molecule has 2 heteroatoms. The second kappa shape index (κ2) is 2.21. The lowest BCUT2D eigenvalue weighted by molar-refractivity contribution is -0.122. The molecule has 1 aliphatic heterocycles. The van der Waals surface area contributed by atoms with Gasteiger partial charge in [-0.15, -0.1) is 6.58 Å². The van der Waals surface area contributed by atoms with E-state index in [2.05, 4.69) is 11.9 Å². The van der Waals surface area contributed by atoms with E-state index in [1.165, 1.54) is 0 Å². The van der Waals surface area contributed by atoms with Gasteiger partial charge in [-0.2, -0.15) is 0 Å². The lowest BCUT2D eigenvalue weighted by Gasteiger charge is -2.03. The van der Waals surface area contributed by atoms with Gasteiger partial charge >= 0.3 is 0 Å². The molecule has 0 bridgehead atoms. The Morgan fingerprint density at radius 1 is 1.89 bits per heavy atom. The van der Waals surface area contributed by atoms with E-state index in [1.807, 2.05) is 13.0 Å². The van der Waals surface area contributed by atoms with Crippen molar-refractivity contribution in [3.63, 3.8) is 0 Å². The molecule has 0 unspecified atom stereocenters. The summed E-state index contributed by atoms with van der Waals surface area (Å²) in [7, 11) is 0. The second-order valence-electron chi connectivity index (χ2n) is 2.43. The summed E-state index contributed by atoms with van der Waals surface area (Å²) in [6.07, 6.45) is 1.84. The normalized spacial score (nSPS) is 34.1. The van der Waals surface area contributed by atoms with Crippen LogP contribution in [0.3, 0.4) is 0 Å². The maximum Gasteiger partial charge on any atom is 0.223 e. The number of carbonyl (C=O) groups is 1. The Bertz CT molecular complexity index is 142. The average molecular weight is 125 g/mol. The Morgan fingerprint density at radius 3 is 2.78 bits per heavy atom. The van der Waals surface area contributed by atoms with Crippen molar-refractivity contribution in [2.75, 3.05) is 6.54 Å². The predicted molar refractivity (Wildman–Crippen MR) is 35.9 cm³/mol. The first-order valence-electron chi connectivity index (χ1n) is 3.16. The molecule has 0 aromatic carbocycles. The van der Waals surface area contributed by atoms with Crippen LogP contribution in [0.25, 0.3) is 0 Å². The van der Waals surface area contributed by atoms with Crippen molar-refractivity contribution in [1.29, 1.82) is 0 Å². The highest BCUT2D eigenvalue weighted by atomic mass is 16.2. The molecule has 0 aliphatic carbocycles. The van der Waals surface area contributed by atoms with Gasteiger partial charge in [-0.05, 0) is 0 Å². The number of amides is 1. The Kier molecular flexibility index (Phi) is 1.56. The van der Waals surface area contributed by atoms with Gasteiger partial charge in [0.15, 0.2) is 0 Å². The first kappa shape index (κ1) is 6.33. The number of nitrogens with one attached hydrogen (secondary N) is 1. The highest BCUT2D eigenvalue weighted by Gasteiger charge is 2.27. The Hall–Kier alpha value is -0.790. The highest BCUT2D eigenvalue weighted by molar-refractivity contribution is 5.81. The third kappa shape index (κ3) is 0.969. The number of hydrogen-bond donors (Lipinski definition) is 1. The molecule has 9 heavy (non-hydrogen) atoms. The van der Waals surface area contributed by atoms with Gasteiger partial charge in [0.05, 0.1) is 0 Å². The topological polar surface area (TPSA) is 29.1 Å². The van der Waals surface area contributed by atoms with Crippen molar-refractivity contribution in [2.24, 2.45) is 11.8 Å². The molecule has 2 atom stereocenters. The Balaban J connectivity index is 2.61. The van der Waals surface area contributed by atoms with Crippen molar-refractivity contribution < 1.29 is 4.79 Å². The molecule has 0 radical (unpaired) electrons. The monoisotopic (exact) mass is 125 g/mol. The molecule has 1 heterocycles. The van der Waals surface area contributed by atoms with Crippen LogP contribution in [0.4, 0.5) is 0 Å². The van der Waals surface area contributed by atoms with Crippen LogP contribution < -0.4 is 5.32 Å². The van der Waals surface area contributed by atoms with Gasteiger partial charge in [0, 0.05) is 18.4 Å². The van der Waals surface area contributed by atoms with Crippen molar-refractivity contribution >= 4 is 5.91 Å². The summed E-state index contributed by atoms with van der Waals surface area (Å²) in [4.78, 5) is 10.8. The summed E-state index contributed by atoms with van der Waals surface area (Å²) in [6, 6.07) is 0. The largest absolute Gasteiger partial charge is 0.355 e. The first-order valence-corrected chi connectivity index (χ1v) is 3.16. The molecule has 0 aromatic heterocycles. The molecule has 2 nitrogen and oxygen atoms in total. The average Bonchev–Trinajstić information content (AvgIpc) is 2.15. The van der Waals surface area contributed by atoms with E-state index < -0.39 is 0 Å². The fourth-order valence-electron chi connectivity index (χ4n) is 1.04. The summed E-state index contributed by atoms with van der Waals surface area (Å²) < 4.78 is 0. The van der Waals surface area contributed by atoms with Crippen molar-refractivity contribution in [3.05, 3.63) is 12.7 Å². The lowest BCUT2D eigenvalue weighted by Crippen LogP contribution is -2.16. The third-order valence-corrected chi connectivity index (χ3v) is 1.87. The number of carbonyl (C=O) groups excluding carboxylic acids is 1. The predicted octanol–water partition coefficient (Wildman–Crippen LogP) is 0.554. The van der Waals surface area contributed by atoms with E-state index in [0.29, 0.717) is 5.92 Å². The third-order valence-electron chi connectivity index (χ3n) is 1.87. The molecular weight excluding hydrogens is 114 g/mol. The van der Waals surface area contributed by atoms with Gasteiger partial charge in [0.2, 0.25) is 5.91 Å². The molecule has 50 valence electrons. The van der Waals surface area contributed by atoms with E-state index in [9.17, 15) is 4.79 Å². The fraction of sp³-hybridized carbons (Fsp3) is 0.571. The second-order valence-corrected chi connectivity index (χ2v) is 2.43. The maximum atomic E-state index is 10.8. The summed E-state index contributed by atoms with van der Waals surface area (Å²) in [6.45, 7) is 6.33. The Labute approximate surface area is 54.9 Å². The van der Waals surface area contributed by atoms with Gasteiger partial charge in [0.25, 0.3) is 0 Å². The number of hydrogen-bond acceptors (Lipinski definition) is 1. The molecule has 1 fully saturated rings. The van der Waals surface area contributed by atoms with Crippen LogP contribution in [0, 0.1) is 11.8 Å². The van der Waals surface area contributed by atoms with E-state index in [0.717, 1.165) is 6.54 Å². The van der Waals surface area contributed by atoms with E-state index in [1.54, 1.807) is 0 Å². The molecule has 1 aliphatic rings. The van der Waals surface area contributed by atoms with Crippen LogP contribution in [0.1, 0.15) is 6.92 Å². The van der Waals surface area contributed by atoms with Gasteiger partial charge < -0.3 is 5.32 Å². The smallest absolute Gasteiger partial charge is 0.223 e. The number of rotatable bonds is 1. The Morgan fingerprint density at radius 2 is 2.56 bits per heavy atom. The molecule has 1 rings (SSSR count). The molecule has 1 amide bonds. The molecule has 1 saturated heterocycles. The van der Waals surface area contributed by atoms with Crippen LogP contribution in [0.5, 0.6) is 0 Å². The van der Waals surface area contributed by atoms with Gasteiger partial charge in [0.1, 0.15) is 0 Å². The van der Waals surface area contributed by atoms with E-state index in [4.69, 9.17) is 0 Å². The van der Waals surface area contributed by atoms with E-state index >= 15 is 0 Å². The van der Waals surface area contributed by atoms with Crippen LogP contribution in [-0.2, 0) is 4.79 Å². The molecular formula is C7H11NO. The SMILES string of the molecule is C=C[C@@H]1CNC(=O)[C@H]1C. The first-order chi connectivity index (χ1) is 4.25. The molecule has 0 aromatic rings. The zero-order valence-corrected chi connectivity index (χ0v) is 5.55. The van der Waals surface area contributed by atoms with Gasteiger partial charge in [-0.3, -0.25) is 4.79 Å². The van der Waals surface area contributed by atoms with Gasteiger partial charge in [-0.25, -0.2) is 0 Å². The van der Waals surface area contributed by atoms with Gasteiger partial charge in [-0.1, -0.05) is 13.0 Å². The van der Waals surface area contributed by atoms with Crippen LogP contribution in [-0.4, -0.2) is 12.5 Å². The summed E-state index contributed by atoms with van der Waals surface area (Å²) in [5.41, 5.74) is 0. The van der Waals surface area contributed by atoms with Crippen molar-refractivity contribution in [3.8, 4) is 0 Å². The quantitative estimate of drug-likeness (QED) is 0.509. The minimum absolute atomic E-state index is 0.127. The zero-order valence-electron chi connectivity index (χ0n) is 5.55. The van der Waals surface area contributed by atoms with Crippen LogP contribution >= 0.6 is 0 Å². The van der Waals surface area contributed by atoms with Crippen LogP contribution in [0.15, 0.2) is 12.7 Å². The van der Waals surface area contributed by atoms with Crippen LogP contribution in [0.2, 0.25) is 0 Å². The fourth-order valence-corrected chi connectivity index (χ4v) is 1.04. The minimum atomic E-state index is 0.127. The summed E-state index contributed by atoms with van der Waals surface area (Å²) in [5, 5.41) is 2.76. The zero-order chi connectivity index (χ0) is 6.85. The molecule has 0 spiro atoms. The highest BCUT2D eigenvalue weighted by Crippen LogP contribution is 2.16. The minimum Gasteiger partial charge on any atom is -0.355 e. The summed E-state index contributed by atoms with van der Waals surface area (Å²) in [5.74, 6) is 0.625. The standard InChI is InChI=1S/C7H11NO/c1-3-6-4-8-7(9)5(6)2/h3,5-6H,1,4H2,2H3,(H,8,9)/t5-,6+/m0/s1. The van der Waals surface area contributed by atoms with Crippen molar-refractivity contribution in [2.45, 2.75) is 6.92 Å². The van der Waals surface area contributed by atoms with Crippen molar-refractivity contribution in [1.82, 2.24) is 5.32 Å².